The van der Waals surface area contributed by atoms with Crippen LogP contribution in [0.25, 0.3) is 0 Å². The Hall–Kier alpha value is -1.35. The Bertz CT molecular complexity index is 791. The lowest BCUT2D eigenvalue weighted by Crippen LogP contribution is -2.38. The molecule has 0 atom stereocenters. The van der Waals surface area contributed by atoms with Crippen molar-refractivity contribution < 1.29 is 0 Å². The van der Waals surface area contributed by atoms with Crippen molar-refractivity contribution in [3.63, 3.8) is 0 Å². The highest BCUT2D eigenvalue weighted by molar-refractivity contribution is 14.0. The van der Waals surface area contributed by atoms with Crippen LogP contribution < -0.4 is 5.32 Å². The third-order valence-corrected chi connectivity index (χ3v) is 5.44. The molecule has 0 spiro atoms. The van der Waals surface area contributed by atoms with Crippen LogP contribution in [0.1, 0.15) is 49.8 Å². The van der Waals surface area contributed by atoms with Crippen molar-refractivity contribution in [2.75, 3.05) is 20.1 Å². The molecule has 0 saturated carbocycles. The molecule has 6 nitrogen and oxygen atoms in total. The number of aryl methyl sites for hydroxylation is 2. The summed E-state index contributed by atoms with van der Waals surface area (Å²) in [5, 5.41) is 13.0. The summed E-state index contributed by atoms with van der Waals surface area (Å²) >= 11 is 6.30. The molecule has 0 bridgehead atoms. The number of halogens is 2. The van der Waals surface area contributed by atoms with Crippen LogP contribution in [0, 0.1) is 0 Å². The smallest absolute Gasteiger partial charge is 0.193 e. The number of benzene rings is 1. The van der Waals surface area contributed by atoms with E-state index in [1.165, 1.54) is 19.3 Å². The van der Waals surface area contributed by atoms with Gasteiger partial charge in [-0.25, -0.2) is 0 Å². The van der Waals surface area contributed by atoms with Gasteiger partial charge in [0.1, 0.15) is 11.6 Å². The van der Waals surface area contributed by atoms with Gasteiger partial charge in [-0.15, -0.1) is 34.2 Å². The predicted molar refractivity (Wildman–Crippen MR) is 130 cm³/mol. The summed E-state index contributed by atoms with van der Waals surface area (Å²) in [5.74, 6) is 3.17. The molecule has 1 aromatic carbocycles. The lowest BCUT2D eigenvalue weighted by molar-refractivity contribution is 0.476. The molecule has 1 aliphatic heterocycles. The van der Waals surface area contributed by atoms with Crippen molar-refractivity contribution in [3.8, 4) is 0 Å². The predicted octanol–water partition coefficient (Wildman–Crippen LogP) is 4.31. The van der Waals surface area contributed by atoms with Gasteiger partial charge in [0.2, 0.25) is 0 Å². The molecular formula is C21H32ClIN6. The quantitative estimate of drug-likeness (QED) is 0.251. The van der Waals surface area contributed by atoms with Crippen LogP contribution >= 0.6 is 35.6 Å². The van der Waals surface area contributed by atoms with Gasteiger partial charge in [-0.05, 0) is 37.8 Å². The minimum atomic E-state index is 0. The molecule has 160 valence electrons. The average molecular weight is 531 g/mol. The second kappa shape index (κ2) is 12.4. The van der Waals surface area contributed by atoms with Crippen LogP contribution in [0.15, 0.2) is 29.3 Å². The highest BCUT2D eigenvalue weighted by Crippen LogP contribution is 2.17. The van der Waals surface area contributed by atoms with E-state index in [1.54, 1.807) is 0 Å². The summed E-state index contributed by atoms with van der Waals surface area (Å²) in [6, 6.07) is 7.95. The topological polar surface area (TPSA) is 58.3 Å². The highest BCUT2D eigenvalue weighted by Gasteiger charge is 2.14. The van der Waals surface area contributed by atoms with Crippen LogP contribution in [-0.4, -0.2) is 45.8 Å². The molecule has 2 heterocycles. The molecule has 2 aromatic rings. The Morgan fingerprint density at radius 1 is 1.24 bits per heavy atom. The minimum Gasteiger partial charge on any atom is -0.357 e. The van der Waals surface area contributed by atoms with Crippen molar-refractivity contribution >= 4 is 41.5 Å². The zero-order chi connectivity index (χ0) is 19.8. The van der Waals surface area contributed by atoms with Gasteiger partial charge in [0, 0.05) is 51.1 Å². The number of hydrogen-bond donors (Lipinski definition) is 1. The van der Waals surface area contributed by atoms with Gasteiger partial charge in [0.05, 0.1) is 0 Å². The number of nitrogens with zero attached hydrogens (tertiary/aromatic N) is 5. The zero-order valence-electron chi connectivity index (χ0n) is 17.4. The molecule has 0 saturated heterocycles. The summed E-state index contributed by atoms with van der Waals surface area (Å²) in [6.45, 7) is 5.47. The van der Waals surface area contributed by atoms with Crippen LogP contribution in [0.4, 0.5) is 0 Å². The number of nitrogens with one attached hydrogen (secondary N) is 1. The molecular weight excluding hydrogens is 499 g/mol. The van der Waals surface area contributed by atoms with Gasteiger partial charge in [-0.1, -0.05) is 36.2 Å². The summed E-state index contributed by atoms with van der Waals surface area (Å²) in [4.78, 5) is 6.92. The van der Waals surface area contributed by atoms with E-state index < -0.39 is 0 Å². The molecule has 8 heteroatoms. The maximum absolute atomic E-state index is 6.30. The number of aliphatic imine (C=N–C) groups is 1. The maximum atomic E-state index is 6.30. The Morgan fingerprint density at radius 2 is 2.07 bits per heavy atom. The summed E-state index contributed by atoms with van der Waals surface area (Å²) in [5.41, 5.74) is 1.10. The van der Waals surface area contributed by atoms with E-state index in [0.29, 0.717) is 0 Å². The SMILES string of the molecule is CCNC(=NCCCc1nnc2n1CCCCC2)N(C)Cc1ccccc1Cl.I. The monoisotopic (exact) mass is 530 g/mol. The lowest BCUT2D eigenvalue weighted by Gasteiger charge is -2.22. The molecule has 0 unspecified atom stereocenters. The third kappa shape index (κ3) is 6.84. The van der Waals surface area contributed by atoms with Crippen LogP contribution in [0.3, 0.4) is 0 Å². The Kier molecular flexibility index (Phi) is 10.2. The molecule has 0 fully saturated rings. The first-order valence-electron chi connectivity index (χ1n) is 10.3. The van der Waals surface area contributed by atoms with Gasteiger partial charge in [-0.3, -0.25) is 4.99 Å². The van der Waals surface area contributed by atoms with Crippen molar-refractivity contribution in [2.45, 2.75) is 58.5 Å². The van der Waals surface area contributed by atoms with E-state index in [4.69, 9.17) is 16.6 Å². The number of guanidine groups is 1. The molecule has 0 amide bonds. The molecule has 0 radical (unpaired) electrons. The van der Waals surface area contributed by atoms with Gasteiger partial charge in [0.25, 0.3) is 0 Å². The fraction of sp³-hybridized carbons (Fsp3) is 0.571. The van der Waals surface area contributed by atoms with Gasteiger partial charge >= 0.3 is 0 Å². The minimum absolute atomic E-state index is 0. The molecule has 3 rings (SSSR count). The summed E-state index contributed by atoms with van der Waals surface area (Å²) in [6.07, 6.45) is 6.69. The third-order valence-electron chi connectivity index (χ3n) is 5.07. The Labute approximate surface area is 196 Å². The largest absolute Gasteiger partial charge is 0.357 e. The van der Waals surface area contributed by atoms with E-state index in [1.807, 2.05) is 25.2 Å². The van der Waals surface area contributed by atoms with E-state index in [0.717, 1.165) is 73.6 Å². The van der Waals surface area contributed by atoms with Crippen LogP contribution in [-0.2, 0) is 25.9 Å². The maximum Gasteiger partial charge on any atom is 0.193 e. The molecule has 1 N–H and O–H groups in total. The first-order chi connectivity index (χ1) is 13.7. The standard InChI is InChI=1S/C21H31ClN6.HI/c1-3-23-21(27(2)16-17-10-6-7-11-18(17)22)24-14-9-13-20-26-25-19-12-5-4-8-15-28(19)20;/h6-7,10-11H,3-5,8-9,12-16H2,1-2H3,(H,23,24);1H. The molecule has 0 aliphatic carbocycles. The number of aromatic nitrogens is 3. The van der Waals surface area contributed by atoms with Gasteiger partial charge < -0.3 is 14.8 Å². The fourth-order valence-corrected chi connectivity index (χ4v) is 3.77. The van der Waals surface area contributed by atoms with Crippen molar-refractivity contribution in [1.82, 2.24) is 25.0 Å². The number of rotatable bonds is 7. The van der Waals surface area contributed by atoms with E-state index in [-0.39, 0.29) is 24.0 Å². The normalized spacial score (nSPS) is 14.0. The summed E-state index contributed by atoms with van der Waals surface area (Å²) < 4.78 is 2.32. The van der Waals surface area contributed by atoms with Crippen LogP contribution in [0.2, 0.25) is 5.02 Å². The molecule has 1 aliphatic rings. The first kappa shape index (κ1) is 23.9. The van der Waals surface area contributed by atoms with E-state index >= 15 is 0 Å². The van der Waals surface area contributed by atoms with Gasteiger partial charge in [0.15, 0.2) is 5.96 Å². The second-order valence-electron chi connectivity index (χ2n) is 7.28. The fourth-order valence-electron chi connectivity index (χ4n) is 3.58. The number of fused-ring (bicyclic) bond motifs is 1. The van der Waals surface area contributed by atoms with Crippen molar-refractivity contribution in [3.05, 3.63) is 46.5 Å². The number of hydrogen-bond acceptors (Lipinski definition) is 3. The van der Waals surface area contributed by atoms with Gasteiger partial charge in [-0.2, -0.15) is 0 Å². The average Bonchev–Trinajstić information content (AvgIpc) is 2.92. The van der Waals surface area contributed by atoms with E-state index in [2.05, 4.69) is 38.0 Å². The molecule has 29 heavy (non-hydrogen) atoms. The Balaban J connectivity index is 0.00000300. The van der Waals surface area contributed by atoms with E-state index in [9.17, 15) is 0 Å². The summed E-state index contributed by atoms with van der Waals surface area (Å²) in [7, 11) is 2.04. The molecule has 1 aromatic heterocycles. The highest BCUT2D eigenvalue weighted by atomic mass is 127. The lowest BCUT2D eigenvalue weighted by atomic mass is 10.2. The first-order valence-corrected chi connectivity index (χ1v) is 10.7. The van der Waals surface area contributed by atoms with Crippen molar-refractivity contribution in [1.29, 1.82) is 0 Å². The zero-order valence-corrected chi connectivity index (χ0v) is 20.5. The second-order valence-corrected chi connectivity index (χ2v) is 7.69. The van der Waals surface area contributed by atoms with Crippen LogP contribution in [0.5, 0.6) is 0 Å². The van der Waals surface area contributed by atoms with Crippen molar-refractivity contribution in [2.24, 2.45) is 4.99 Å². The Morgan fingerprint density at radius 3 is 2.86 bits per heavy atom.